The van der Waals surface area contributed by atoms with Gasteiger partial charge in [-0.25, -0.2) is 4.98 Å². The Morgan fingerprint density at radius 1 is 1.16 bits per heavy atom. The number of halogens is 1. The maximum Gasteiger partial charge on any atom is 0.280 e. The molecule has 0 radical (unpaired) electrons. The number of nitrogens with one attached hydrogen (secondary N) is 3. The summed E-state index contributed by atoms with van der Waals surface area (Å²) in [5.41, 5.74) is 2.38. The molecule has 9 heteroatoms. The van der Waals surface area contributed by atoms with Crippen LogP contribution in [0.2, 0.25) is 5.02 Å². The monoisotopic (exact) mass is 471 g/mol. The average molecular weight is 472 g/mol. The lowest BCUT2D eigenvalue weighted by Crippen LogP contribution is -2.53. The van der Waals surface area contributed by atoms with Crippen LogP contribution in [0.5, 0.6) is 0 Å². The lowest BCUT2D eigenvalue weighted by atomic mass is 9.90. The van der Waals surface area contributed by atoms with Gasteiger partial charge in [-0.1, -0.05) is 24.4 Å². The van der Waals surface area contributed by atoms with E-state index in [1.165, 1.54) is 16.2 Å². The zero-order valence-corrected chi connectivity index (χ0v) is 19.5. The molecule has 0 unspecified atom stereocenters. The average Bonchev–Trinajstić information content (AvgIpc) is 3.38. The third-order valence-corrected chi connectivity index (χ3v) is 7.73. The van der Waals surface area contributed by atoms with Crippen LogP contribution in [-0.2, 0) is 13.0 Å². The van der Waals surface area contributed by atoms with Crippen LogP contribution in [0.4, 0.5) is 0 Å². The summed E-state index contributed by atoms with van der Waals surface area (Å²) in [4.78, 5) is 37.1. The normalized spacial score (nSPS) is 21.3. The first-order valence-electron chi connectivity index (χ1n) is 11.0. The van der Waals surface area contributed by atoms with Gasteiger partial charge in [-0.15, -0.1) is 11.3 Å². The first-order valence-corrected chi connectivity index (χ1v) is 12.2. The van der Waals surface area contributed by atoms with Crippen molar-refractivity contribution in [2.75, 3.05) is 13.6 Å². The van der Waals surface area contributed by atoms with Gasteiger partial charge in [0.05, 0.1) is 5.69 Å². The molecule has 2 amide bonds. The van der Waals surface area contributed by atoms with E-state index in [0.717, 1.165) is 61.8 Å². The highest BCUT2D eigenvalue weighted by atomic mass is 35.5. The largest absolute Gasteiger partial charge is 0.351 e. The van der Waals surface area contributed by atoms with Gasteiger partial charge < -0.3 is 20.5 Å². The third kappa shape index (κ3) is 4.40. The number of carbonyl (C=O) groups excluding carboxylic acids is 2. The van der Waals surface area contributed by atoms with Crippen molar-refractivity contribution in [3.63, 3.8) is 0 Å². The molecule has 1 aromatic carbocycles. The maximum absolute atomic E-state index is 13.0. The van der Waals surface area contributed by atoms with Crippen LogP contribution in [0.1, 0.15) is 56.5 Å². The van der Waals surface area contributed by atoms with Crippen LogP contribution >= 0.6 is 22.9 Å². The van der Waals surface area contributed by atoms with E-state index in [9.17, 15) is 9.59 Å². The van der Waals surface area contributed by atoms with Crippen molar-refractivity contribution < 1.29 is 9.59 Å². The molecule has 3 N–H and O–H groups in total. The van der Waals surface area contributed by atoms with Gasteiger partial charge in [0, 0.05) is 46.0 Å². The van der Waals surface area contributed by atoms with Gasteiger partial charge in [0.1, 0.15) is 5.69 Å². The van der Waals surface area contributed by atoms with Crippen LogP contribution in [0.25, 0.3) is 10.9 Å². The summed E-state index contributed by atoms with van der Waals surface area (Å²) in [7, 11) is 2.07. The van der Waals surface area contributed by atoms with Crippen molar-refractivity contribution >= 4 is 45.7 Å². The predicted molar refractivity (Wildman–Crippen MR) is 126 cm³/mol. The second-order valence-corrected chi connectivity index (χ2v) is 10.3. The SMILES string of the molecule is CN1CCc2sc(C(=O)N[C@H]3CCCC[C@H]3NC(=O)c3cc4cc(Cl)ccc4[nH]3)nc2C1. The predicted octanol–water partition coefficient (Wildman–Crippen LogP) is 3.74. The topological polar surface area (TPSA) is 90.1 Å². The van der Waals surface area contributed by atoms with E-state index in [-0.39, 0.29) is 23.9 Å². The second-order valence-electron chi connectivity index (χ2n) is 8.74. The Labute approximate surface area is 195 Å². The standard InChI is InChI=1S/C23H26ClN5O2S/c1-29-9-8-20-19(12-29)28-23(32-20)22(31)27-17-5-3-2-4-16(17)26-21(30)18-11-13-10-14(24)6-7-15(13)25-18/h6-7,10-11,16-17,25H,2-5,8-9,12H2,1H3,(H,26,30)(H,27,31)/t16-,17+/m1/s1. The number of carbonyl (C=O) groups is 2. The summed E-state index contributed by atoms with van der Waals surface area (Å²) in [5, 5.41) is 8.33. The van der Waals surface area contributed by atoms with E-state index in [0.29, 0.717) is 15.7 Å². The zero-order valence-electron chi connectivity index (χ0n) is 17.9. The van der Waals surface area contributed by atoms with Gasteiger partial charge in [0.15, 0.2) is 5.01 Å². The second kappa shape index (κ2) is 8.84. The van der Waals surface area contributed by atoms with Crippen molar-refractivity contribution in [1.29, 1.82) is 0 Å². The molecule has 2 aromatic heterocycles. The number of rotatable bonds is 4. The fourth-order valence-electron chi connectivity index (χ4n) is 4.60. The Hall–Kier alpha value is -2.42. The molecule has 3 heterocycles. The minimum atomic E-state index is -0.170. The van der Waals surface area contributed by atoms with Crippen LogP contribution in [0.15, 0.2) is 24.3 Å². The molecule has 3 aromatic rings. The lowest BCUT2D eigenvalue weighted by molar-refractivity contribution is 0.0860. The van der Waals surface area contributed by atoms with Crippen molar-refractivity contribution in [3.05, 3.63) is 50.6 Å². The van der Waals surface area contributed by atoms with Gasteiger partial charge in [0.2, 0.25) is 0 Å². The molecular formula is C23H26ClN5O2S. The molecule has 1 aliphatic heterocycles. The number of aromatic nitrogens is 2. The number of amides is 2. The quantitative estimate of drug-likeness (QED) is 0.540. The highest BCUT2D eigenvalue weighted by Crippen LogP contribution is 2.26. The van der Waals surface area contributed by atoms with Crippen LogP contribution in [0, 0.1) is 0 Å². The lowest BCUT2D eigenvalue weighted by Gasteiger charge is -2.32. The molecule has 2 atom stereocenters. The number of aromatic amines is 1. The summed E-state index contributed by atoms with van der Waals surface area (Å²) in [6, 6.07) is 7.08. The van der Waals surface area contributed by atoms with Crippen LogP contribution in [0.3, 0.4) is 0 Å². The van der Waals surface area contributed by atoms with E-state index < -0.39 is 0 Å². The molecular weight excluding hydrogens is 446 g/mol. The first kappa shape index (κ1) is 21.4. The molecule has 0 bridgehead atoms. The summed E-state index contributed by atoms with van der Waals surface area (Å²) in [6.07, 6.45) is 4.67. The number of hydrogen-bond donors (Lipinski definition) is 3. The third-order valence-electron chi connectivity index (χ3n) is 6.34. The number of likely N-dealkylation sites (N-methyl/N-ethyl adjacent to an activating group) is 1. The Morgan fingerprint density at radius 2 is 1.91 bits per heavy atom. The fourth-order valence-corrected chi connectivity index (χ4v) is 5.75. The van der Waals surface area contributed by atoms with Crippen molar-refractivity contribution in [2.45, 2.75) is 50.7 Å². The molecule has 1 aliphatic carbocycles. The van der Waals surface area contributed by atoms with E-state index in [1.807, 2.05) is 18.2 Å². The number of fused-ring (bicyclic) bond motifs is 2. The Balaban J connectivity index is 1.27. The molecule has 1 saturated carbocycles. The Morgan fingerprint density at radius 3 is 2.69 bits per heavy atom. The fraction of sp³-hybridized carbons (Fsp3) is 0.435. The molecule has 5 rings (SSSR count). The minimum absolute atomic E-state index is 0.109. The molecule has 7 nitrogen and oxygen atoms in total. The van der Waals surface area contributed by atoms with E-state index in [2.05, 4.69) is 32.5 Å². The van der Waals surface area contributed by atoms with Gasteiger partial charge >= 0.3 is 0 Å². The van der Waals surface area contributed by atoms with Gasteiger partial charge in [-0.3, -0.25) is 9.59 Å². The minimum Gasteiger partial charge on any atom is -0.351 e. The molecule has 0 saturated heterocycles. The van der Waals surface area contributed by atoms with E-state index in [1.54, 1.807) is 6.07 Å². The van der Waals surface area contributed by atoms with E-state index in [4.69, 9.17) is 11.6 Å². The summed E-state index contributed by atoms with van der Waals surface area (Å²) >= 11 is 7.56. The van der Waals surface area contributed by atoms with E-state index >= 15 is 0 Å². The molecule has 2 aliphatic rings. The zero-order chi connectivity index (χ0) is 22.2. The number of benzene rings is 1. The van der Waals surface area contributed by atoms with Gasteiger partial charge in [0.25, 0.3) is 11.8 Å². The summed E-state index contributed by atoms with van der Waals surface area (Å²) in [6.45, 7) is 1.78. The molecule has 32 heavy (non-hydrogen) atoms. The van der Waals surface area contributed by atoms with Crippen molar-refractivity contribution in [2.24, 2.45) is 0 Å². The van der Waals surface area contributed by atoms with Crippen molar-refractivity contribution in [1.82, 2.24) is 25.5 Å². The number of nitrogens with zero attached hydrogens (tertiary/aromatic N) is 2. The first-order chi connectivity index (χ1) is 15.5. The number of H-pyrrole nitrogens is 1. The van der Waals surface area contributed by atoms with Gasteiger partial charge in [-0.2, -0.15) is 0 Å². The highest BCUT2D eigenvalue weighted by molar-refractivity contribution is 7.13. The smallest absolute Gasteiger partial charge is 0.280 e. The van der Waals surface area contributed by atoms with Crippen molar-refractivity contribution in [3.8, 4) is 0 Å². The van der Waals surface area contributed by atoms with Gasteiger partial charge in [-0.05, 0) is 50.6 Å². The maximum atomic E-state index is 13.0. The summed E-state index contributed by atoms with van der Waals surface area (Å²) in [5.74, 6) is -0.310. The number of hydrogen-bond acceptors (Lipinski definition) is 5. The molecule has 168 valence electrons. The van der Waals surface area contributed by atoms with Crippen LogP contribution < -0.4 is 10.6 Å². The Bertz CT molecular complexity index is 1170. The Kier molecular flexibility index (Phi) is 5.92. The number of thiazole rings is 1. The summed E-state index contributed by atoms with van der Waals surface area (Å²) < 4.78 is 0. The highest BCUT2D eigenvalue weighted by Gasteiger charge is 2.30. The van der Waals surface area contributed by atoms with Crippen LogP contribution in [-0.4, -0.2) is 52.4 Å². The molecule has 0 spiro atoms. The molecule has 1 fully saturated rings.